The van der Waals surface area contributed by atoms with E-state index in [9.17, 15) is 10.1 Å². The van der Waals surface area contributed by atoms with Gasteiger partial charge in [0.1, 0.15) is 0 Å². The van der Waals surface area contributed by atoms with Gasteiger partial charge >= 0.3 is 0 Å². The maximum atomic E-state index is 10.8. The van der Waals surface area contributed by atoms with E-state index in [1.165, 1.54) is 6.07 Å². The third-order valence-corrected chi connectivity index (χ3v) is 3.25. The number of benzene rings is 1. The fourth-order valence-corrected chi connectivity index (χ4v) is 2.06. The molecule has 1 heterocycles. The Morgan fingerprint density at radius 3 is 2.45 bits per heavy atom. The molecule has 1 aromatic carbocycles. The minimum Gasteiger partial charge on any atom is -0.260 e. The van der Waals surface area contributed by atoms with Crippen molar-refractivity contribution >= 4 is 5.69 Å². The Morgan fingerprint density at radius 1 is 1.20 bits per heavy atom. The first-order valence-corrected chi connectivity index (χ1v) is 6.51. The lowest BCUT2D eigenvalue weighted by Gasteiger charge is -2.19. The number of non-ortho nitro benzene ring substituents is 1. The van der Waals surface area contributed by atoms with Crippen LogP contribution in [0.15, 0.2) is 36.5 Å². The zero-order chi connectivity index (χ0) is 14.9. The van der Waals surface area contributed by atoms with Crippen LogP contribution < -0.4 is 0 Å². The average Bonchev–Trinajstić information content (AvgIpc) is 2.37. The predicted octanol–water partition coefficient (Wildman–Crippen LogP) is 4.26. The molecule has 0 aliphatic rings. The maximum absolute atomic E-state index is 10.8. The van der Waals surface area contributed by atoms with Crippen LogP contribution in [0.1, 0.15) is 32.0 Å². The molecule has 0 radical (unpaired) electrons. The first-order valence-electron chi connectivity index (χ1n) is 6.51. The van der Waals surface area contributed by atoms with Crippen LogP contribution in [0.25, 0.3) is 11.1 Å². The lowest BCUT2D eigenvalue weighted by molar-refractivity contribution is -0.384. The Hall–Kier alpha value is -2.23. The number of pyridine rings is 1. The lowest BCUT2D eigenvalue weighted by atomic mass is 9.89. The van der Waals surface area contributed by atoms with E-state index in [0.29, 0.717) is 0 Å². The third kappa shape index (κ3) is 2.85. The summed E-state index contributed by atoms with van der Waals surface area (Å²) >= 11 is 0. The second-order valence-electron chi connectivity index (χ2n) is 5.94. The minimum absolute atomic E-state index is 0.00796. The van der Waals surface area contributed by atoms with Crippen molar-refractivity contribution in [2.75, 3.05) is 0 Å². The quantitative estimate of drug-likeness (QED) is 0.605. The van der Waals surface area contributed by atoms with E-state index in [1.807, 2.05) is 19.1 Å². The molecule has 0 saturated carbocycles. The normalized spacial score (nSPS) is 11.4. The SMILES string of the molecule is Cc1cc(C(C)(C)C)ncc1-c1cccc([N+](=O)[O-])c1. The molecule has 20 heavy (non-hydrogen) atoms. The predicted molar refractivity (Wildman–Crippen MR) is 79.8 cm³/mol. The van der Waals surface area contributed by atoms with Gasteiger partial charge in [-0.15, -0.1) is 0 Å². The molecule has 4 nitrogen and oxygen atoms in total. The summed E-state index contributed by atoms with van der Waals surface area (Å²) in [5, 5.41) is 10.8. The van der Waals surface area contributed by atoms with Gasteiger partial charge in [0.25, 0.3) is 5.69 Å². The second-order valence-corrected chi connectivity index (χ2v) is 5.94. The minimum atomic E-state index is -0.379. The largest absolute Gasteiger partial charge is 0.270 e. The van der Waals surface area contributed by atoms with Gasteiger partial charge in [0, 0.05) is 35.0 Å². The number of nitro groups is 1. The number of hydrogen-bond donors (Lipinski definition) is 0. The summed E-state index contributed by atoms with van der Waals surface area (Å²) < 4.78 is 0. The van der Waals surface area contributed by atoms with Crippen molar-refractivity contribution in [1.82, 2.24) is 4.98 Å². The van der Waals surface area contributed by atoms with E-state index in [0.717, 1.165) is 22.4 Å². The summed E-state index contributed by atoms with van der Waals surface area (Å²) in [4.78, 5) is 15.0. The molecular weight excluding hydrogens is 252 g/mol. The Labute approximate surface area is 118 Å². The van der Waals surface area contributed by atoms with Crippen molar-refractivity contribution in [3.63, 3.8) is 0 Å². The number of aromatic nitrogens is 1. The van der Waals surface area contributed by atoms with Gasteiger partial charge in [0.15, 0.2) is 0 Å². The molecule has 0 amide bonds. The number of nitro benzene ring substituents is 1. The summed E-state index contributed by atoms with van der Waals surface area (Å²) in [5.74, 6) is 0. The molecule has 0 fully saturated rings. The molecule has 2 rings (SSSR count). The van der Waals surface area contributed by atoms with Crippen molar-refractivity contribution in [3.05, 3.63) is 57.9 Å². The van der Waals surface area contributed by atoms with Crippen molar-refractivity contribution in [2.24, 2.45) is 0 Å². The Bertz CT molecular complexity index is 658. The molecule has 104 valence electrons. The molecule has 0 spiro atoms. The van der Waals surface area contributed by atoms with Crippen LogP contribution in [-0.2, 0) is 5.41 Å². The fraction of sp³-hybridized carbons (Fsp3) is 0.312. The van der Waals surface area contributed by atoms with Crippen molar-refractivity contribution in [2.45, 2.75) is 33.1 Å². The highest BCUT2D eigenvalue weighted by Gasteiger charge is 2.17. The molecule has 0 unspecified atom stereocenters. The first kappa shape index (κ1) is 14.2. The Morgan fingerprint density at radius 2 is 1.90 bits per heavy atom. The molecule has 4 heteroatoms. The highest BCUT2D eigenvalue weighted by atomic mass is 16.6. The van der Waals surface area contributed by atoms with Gasteiger partial charge in [-0.2, -0.15) is 0 Å². The van der Waals surface area contributed by atoms with Crippen molar-refractivity contribution in [1.29, 1.82) is 0 Å². The highest BCUT2D eigenvalue weighted by molar-refractivity contribution is 5.68. The van der Waals surface area contributed by atoms with Crippen LogP contribution in [-0.4, -0.2) is 9.91 Å². The number of aryl methyl sites for hydroxylation is 1. The summed E-state index contributed by atoms with van der Waals surface area (Å²) in [5.41, 5.74) is 3.94. The molecule has 0 N–H and O–H groups in total. The van der Waals surface area contributed by atoms with Gasteiger partial charge in [-0.3, -0.25) is 15.1 Å². The van der Waals surface area contributed by atoms with E-state index in [1.54, 1.807) is 18.3 Å². The number of hydrogen-bond acceptors (Lipinski definition) is 3. The second kappa shape index (κ2) is 5.04. The average molecular weight is 270 g/mol. The summed E-state index contributed by atoms with van der Waals surface area (Å²) in [6.45, 7) is 8.34. The van der Waals surface area contributed by atoms with Crippen LogP contribution in [0.3, 0.4) is 0 Å². The molecule has 0 aliphatic carbocycles. The van der Waals surface area contributed by atoms with Crippen LogP contribution in [0.4, 0.5) is 5.69 Å². The van der Waals surface area contributed by atoms with E-state index in [2.05, 4.69) is 25.8 Å². The maximum Gasteiger partial charge on any atom is 0.270 e. The van der Waals surface area contributed by atoms with Gasteiger partial charge < -0.3 is 0 Å². The smallest absolute Gasteiger partial charge is 0.260 e. The van der Waals surface area contributed by atoms with Crippen molar-refractivity contribution in [3.8, 4) is 11.1 Å². The van der Waals surface area contributed by atoms with Crippen LogP contribution in [0, 0.1) is 17.0 Å². The van der Waals surface area contributed by atoms with Crippen LogP contribution in [0.5, 0.6) is 0 Å². The Balaban J connectivity index is 2.49. The number of nitrogens with zero attached hydrogens (tertiary/aromatic N) is 2. The topological polar surface area (TPSA) is 56.0 Å². The standard InChI is InChI=1S/C16H18N2O2/c1-11-8-15(16(2,3)4)17-10-14(11)12-6-5-7-13(9-12)18(19)20/h5-10H,1-4H3. The molecule has 0 bridgehead atoms. The van der Waals surface area contributed by atoms with Gasteiger partial charge in [-0.05, 0) is 24.1 Å². The molecule has 0 saturated heterocycles. The van der Waals surface area contributed by atoms with Gasteiger partial charge in [0.05, 0.1) is 4.92 Å². The van der Waals surface area contributed by atoms with Crippen LogP contribution >= 0.6 is 0 Å². The summed E-state index contributed by atoms with van der Waals surface area (Å²) in [6, 6.07) is 8.70. The van der Waals surface area contributed by atoms with Gasteiger partial charge in [0.2, 0.25) is 0 Å². The first-order chi connectivity index (χ1) is 9.29. The fourth-order valence-electron chi connectivity index (χ4n) is 2.06. The third-order valence-electron chi connectivity index (χ3n) is 3.25. The monoisotopic (exact) mass is 270 g/mol. The number of rotatable bonds is 2. The summed E-state index contributed by atoms with van der Waals surface area (Å²) in [6.07, 6.45) is 1.80. The molecule has 1 aromatic heterocycles. The Kier molecular flexibility index (Phi) is 3.57. The van der Waals surface area contributed by atoms with E-state index >= 15 is 0 Å². The zero-order valence-corrected chi connectivity index (χ0v) is 12.2. The van der Waals surface area contributed by atoms with E-state index < -0.39 is 0 Å². The van der Waals surface area contributed by atoms with Crippen molar-refractivity contribution < 1.29 is 4.92 Å². The zero-order valence-electron chi connectivity index (χ0n) is 12.2. The van der Waals surface area contributed by atoms with Crippen LogP contribution in [0.2, 0.25) is 0 Å². The lowest BCUT2D eigenvalue weighted by Crippen LogP contribution is -2.13. The van der Waals surface area contributed by atoms with E-state index in [-0.39, 0.29) is 16.0 Å². The highest BCUT2D eigenvalue weighted by Crippen LogP contribution is 2.29. The molecule has 0 aliphatic heterocycles. The molecule has 2 aromatic rings. The molecular formula is C16H18N2O2. The van der Waals surface area contributed by atoms with E-state index in [4.69, 9.17) is 0 Å². The summed E-state index contributed by atoms with van der Waals surface area (Å²) in [7, 11) is 0. The molecule has 0 atom stereocenters. The van der Waals surface area contributed by atoms with Gasteiger partial charge in [-0.25, -0.2) is 0 Å². The van der Waals surface area contributed by atoms with Gasteiger partial charge in [-0.1, -0.05) is 32.9 Å².